The van der Waals surface area contributed by atoms with E-state index in [1.165, 1.54) is 24.0 Å². The van der Waals surface area contributed by atoms with Gasteiger partial charge in [-0.05, 0) is 36.2 Å². The molecule has 6 heteroatoms. The predicted molar refractivity (Wildman–Crippen MR) is 96.5 cm³/mol. The number of amides is 1. The molecule has 0 unspecified atom stereocenters. The molecule has 1 N–H and O–H groups in total. The Bertz CT molecular complexity index is 889. The van der Waals surface area contributed by atoms with Gasteiger partial charge in [0.15, 0.2) is 16.6 Å². The molecule has 3 aromatic rings. The number of aromatic nitrogens is 1. The van der Waals surface area contributed by atoms with Crippen LogP contribution in [0.2, 0.25) is 0 Å². The molecule has 0 spiro atoms. The topological polar surface area (TPSA) is 60.5 Å². The zero-order chi connectivity index (χ0) is 17.1. The van der Waals surface area contributed by atoms with Crippen LogP contribution in [0.3, 0.4) is 0 Å². The number of fused-ring (bicyclic) bond motifs is 1. The normalized spacial score (nSPS) is 10.6. The monoisotopic (exact) mass is 342 g/mol. The SMILES string of the molecule is CCc1ccc2nc(NC(=O)c3cccc(OC)c3OC)sc2c1. The number of nitrogens with zero attached hydrogens (tertiary/aromatic N) is 1. The van der Waals surface area contributed by atoms with Crippen molar-refractivity contribution < 1.29 is 14.3 Å². The Morgan fingerprint density at radius 2 is 2.04 bits per heavy atom. The number of para-hydroxylation sites is 1. The number of rotatable bonds is 5. The molecule has 1 heterocycles. The van der Waals surface area contributed by atoms with E-state index in [0.29, 0.717) is 22.2 Å². The van der Waals surface area contributed by atoms with Crippen molar-refractivity contribution in [3.63, 3.8) is 0 Å². The van der Waals surface area contributed by atoms with Crippen molar-refractivity contribution in [1.82, 2.24) is 4.98 Å². The van der Waals surface area contributed by atoms with Crippen molar-refractivity contribution >= 4 is 32.6 Å². The Morgan fingerprint density at radius 3 is 2.75 bits per heavy atom. The van der Waals surface area contributed by atoms with E-state index in [0.717, 1.165) is 16.6 Å². The third-order valence-electron chi connectivity index (χ3n) is 3.73. The van der Waals surface area contributed by atoms with E-state index in [1.54, 1.807) is 25.3 Å². The maximum atomic E-state index is 12.6. The summed E-state index contributed by atoms with van der Waals surface area (Å²) in [5.41, 5.74) is 2.54. The molecule has 0 aliphatic heterocycles. The van der Waals surface area contributed by atoms with Crippen molar-refractivity contribution in [3.8, 4) is 11.5 Å². The average Bonchev–Trinajstić information content (AvgIpc) is 3.01. The molecule has 0 saturated carbocycles. The van der Waals surface area contributed by atoms with Crippen LogP contribution in [0.5, 0.6) is 11.5 Å². The van der Waals surface area contributed by atoms with E-state index >= 15 is 0 Å². The first-order valence-corrected chi connectivity index (χ1v) is 8.39. The van der Waals surface area contributed by atoms with Gasteiger partial charge in [0.05, 0.1) is 30.0 Å². The molecule has 0 atom stereocenters. The summed E-state index contributed by atoms with van der Waals surface area (Å²) in [7, 11) is 3.05. The first kappa shape index (κ1) is 16.3. The third-order valence-corrected chi connectivity index (χ3v) is 4.66. The molecule has 0 aliphatic rings. The summed E-state index contributed by atoms with van der Waals surface area (Å²) in [6.07, 6.45) is 0.969. The van der Waals surface area contributed by atoms with Crippen molar-refractivity contribution in [2.24, 2.45) is 0 Å². The minimum atomic E-state index is -0.277. The van der Waals surface area contributed by atoms with E-state index in [2.05, 4.69) is 29.4 Å². The number of thiazole rings is 1. The smallest absolute Gasteiger partial charge is 0.261 e. The minimum Gasteiger partial charge on any atom is -0.493 e. The number of hydrogen-bond donors (Lipinski definition) is 1. The van der Waals surface area contributed by atoms with E-state index in [4.69, 9.17) is 9.47 Å². The lowest BCUT2D eigenvalue weighted by Crippen LogP contribution is -2.13. The lowest BCUT2D eigenvalue weighted by molar-refractivity contribution is 0.102. The summed E-state index contributed by atoms with van der Waals surface area (Å²) in [4.78, 5) is 17.0. The molecule has 2 aromatic carbocycles. The van der Waals surface area contributed by atoms with Crippen LogP contribution >= 0.6 is 11.3 Å². The third kappa shape index (κ3) is 3.05. The van der Waals surface area contributed by atoms with Crippen molar-refractivity contribution in [2.75, 3.05) is 19.5 Å². The van der Waals surface area contributed by atoms with Gasteiger partial charge in [0.1, 0.15) is 0 Å². The first-order valence-electron chi connectivity index (χ1n) is 7.58. The molecule has 124 valence electrons. The fourth-order valence-corrected chi connectivity index (χ4v) is 3.40. The molecule has 1 aromatic heterocycles. The van der Waals surface area contributed by atoms with E-state index < -0.39 is 0 Å². The average molecular weight is 342 g/mol. The summed E-state index contributed by atoms with van der Waals surface area (Å²) in [5.74, 6) is 0.648. The number of aryl methyl sites for hydroxylation is 1. The first-order chi connectivity index (χ1) is 11.7. The standard InChI is InChI=1S/C18H18N2O3S/c1-4-11-8-9-13-15(10-11)24-18(19-13)20-17(21)12-6-5-7-14(22-2)16(12)23-3/h5-10H,4H2,1-3H3,(H,19,20,21). The van der Waals surface area contributed by atoms with E-state index in [9.17, 15) is 4.79 Å². The molecule has 5 nitrogen and oxygen atoms in total. The van der Waals surface area contributed by atoms with Gasteiger partial charge in [0.25, 0.3) is 5.91 Å². The molecule has 0 fully saturated rings. The fourth-order valence-electron chi connectivity index (χ4n) is 2.47. The number of nitrogens with one attached hydrogen (secondary N) is 1. The van der Waals surface area contributed by atoms with Gasteiger partial charge in [0, 0.05) is 0 Å². The Kier molecular flexibility index (Phi) is 4.66. The van der Waals surface area contributed by atoms with Crippen molar-refractivity contribution in [2.45, 2.75) is 13.3 Å². The van der Waals surface area contributed by atoms with Gasteiger partial charge in [0.2, 0.25) is 0 Å². The highest BCUT2D eigenvalue weighted by atomic mass is 32.1. The van der Waals surface area contributed by atoms with Crippen LogP contribution in [0.15, 0.2) is 36.4 Å². The number of benzene rings is 2. The highest BCUT2D eigenvalue weighted by molar-refractivity contribution is 7.22. The highest BCUT2D eigenvalue weighted by Gasteiger charge is 2.17. The molecule has 0 bridgehead atoms. The van der Waals surface area contributed by atoms with Crippen molar-refractivity contribution in [3.05, 3.63) is 47.5 Å². The molecule has 0 radical (unpaired) electrons. The van der Waals surface area contributed by atoms with Crippen LogP contribution < -0.4 is 14.8 Å². The van der Waals surface area contributed by atoms with Gasteiger partial charge in [-0.3, -0.25) is 10.1 Å². The Balaban J connectivity index is 1.90. The highest BCUT2D eigenvalue weighted by Crippen LogP contribution is 2.32. The van der Waals surface area contributed by atoms with Gasteiger partial charge in [-0.15, -0.1) is 0 Å². The van der Waals surface area contributed by atoms with Crippen LogP contribution in [0.4, 0.5) is 5.13 Å². The summed E-state index contributed by atoms with van der Waals surface area (Å²) < 4.78 is 11.6. The van der Waals surface area contributed by atoms with Crippen LogP contribution in [0, 0.1) is 0 Å². The van der Waals surface area contributed by atoms with Crippen LogP contribution in [-0.2, 0) is 6.42 Å². The Morgan fingerprint density at radius 1 is 1.21 bits per heavy atom. The van der Waals surface area contributed by atoms with Crippen LogP contribution in [0.25, 0.3) is 10.2 Å². The van der Waals surface area contributed by atoms with E-state index in [-0.39, 0.29) is 5.91 Å². The van der Waals surface area contributed by atoms with Gasteiger partial charge >= 0.3 is 0 Å². The number of carbonyl (C=O) groups excluding carboxylic acids is 1. The molecule has 0 saturated heterocycles. The second-order valence-corrected chi connectivity index (χ2v) is 6.20. The molecular formula is C18H18N2O3S. The van der Waals surface area contributed by atoms with Gasteiger partial charge in [-0.25, -0.2) is 4.98 Å². The molecule has 1 amide bonds. The number of carbonyl (C=O) groups is 1. The second-order valence-electron chi connectivity index (χ2n) is 5.17. The summed E-state index contributed by atoms with van der Waals surface area (Å²) in [6, 6.07) is 11.3. The number of anilines is 1. The molecular weight excluding hydrogens is 324 g/mol. The molecule has 0 aliphatic carbocycles. The fraction of sp³-hybridized carbons (Fsp3) is 0.222. The van der Waals surface area contributed by atoms with Crippen molar-refractivity contribution in [1.29, 1.82) is 0 Å². The minimum absolute atomic E-state index is 0.277. The van der Waals surface area contributed by atoms with E-state index in [1.807, 2.05) is 6.07 Å². The second kappa shape index (κ2) is 6.88. The summed E-state index contributed by atoms with van der Waals surface area (Å²) in [5, 5.41) is 3.41. The zero-order valence-corrected chi connectivity index (χ0v) is 14.6. The van der Waals surface area contributed by atoms with Gasteiger partial charge < -0.3 is 9.47 Å². The summed E-state index contributed by atoms with van der Waals surface area (Å²) >= 11 is 1.46. The quantitative estimate of drug-likeness (QED) is 0.757. The maximum absolute atomic E-state index is 12.6. The van der Waals surface area contributed by atoms with Gasteiger partial charge in [-0.2, -0.15) is 0 Å². The van der Waals surface area contributed by atoms with Crippen LogP contribution in [0.1, 0.15) is 22.8 Å². The molecule has 24 heavy (non-hydrogen) atoms. The largest absolute Gasteiger partial charge is 0.493 e. The number of hydrogen-bond acceptors (Lipinski definition) is 5. The lowest BCUT2D eigenvalue weighted by Gasteiger charge is -2.11. The number of methoxy groups -OCH3 is 2. The molecule has 3 rings (SSSR count). The zero-order valence-electron chi connectivity index (χ0n) is 13.8. The lowest BCUT2D eigenvalue weighted by atomic mass is 10.1. The Hall–Kier alpha value is -2.60. The predicted octanol–water partition coefficient (Wildman–Crippen LogP) is 4.13. The number of ether oxygens (including phenoxy) is 2. The summed E-state index contributed by atoms with van der Waals surface area (Å²) in [6.45, 7) is 2.11. The van der Waals surface area contributed by atoms with Gasteiger partial charge in [-0.1, -0.05) is 30.4 Å². The Labute approximate surface area is 144 Å². The maximum Gasteiger partial charge on any atom is 0.261 e. The van der Waals surface area contributed by atoms with Crippen LogP contribution in [-0.4, -0.2) is 25.1 Å².